The highest BCUT2D eigenvalue weighted by atomic mass is 19.1. The lowest BCUT2D eigenvalue weighted by molar-refractivity contribution is -0.136. The van der Waals surface area contributed by atoms with Crippen LogP contribution >= 0.6 is 0 Å². The van der Waals surface area contributed by atoms with Crippen molar-refractivity contribution in [1.82, 2.24) is 9.47 Å². The molecule has 2 heterocycles. The number of rotatable bonds is 6. The number of anilines is 1. The summed E-state index contributed by atoms with van der Waals surface area (Å²) >= 11 is 0. The normalized spacial score (nSPS) is 14.3. The minimum absolute atomic E-state index is 0.0621. The molecule has 5 rings (SSSR count). The maximum atomic E-state index is 14.1. The number of aromatic nitrogens is 1. The molecule has 1 aromatic heterocycles. The molecule has 1 atom stereocenters. The Kier molecular flexibility index (Phi) is 6.61. The van der Waals surface area contributed by atoms with Crippen molar-refractivity contribution in [3.8, 4) is 5.69 Å². The van der Waals surface area contributed by atoms with E-state index in [9.17, 15) is 18.4 Å². The van der Waals surface area contributed by atoms with E-state index in [0.29, 0.717) is 11.3 Å². The first-order chi connectivity index (χ1) is 17.8. The SMILES string of the molecule is CC(C)N(CC(=O)N1c2ccccc2-n2cccc2C1c1ccc(F)cc1)C(=O)Cc1ccc(F)cc1. The number of benzene rings is 3. The van der Waals surface area contributed by atoms with Crippen LogP contribution in [0.3, 0.4) is 0 Å². The molecule has 0 radical (unpaired) electrons. The van der Waals surface area contributed by atoms with E-state index in [0.717, 1.165) is 16.9 Å². The van der Waals surface area contributed by atoms with Gasteiger partial charge in [-0.25, -0.2) is 8.78 Å². The van der Waals surface area contributed by atoms with E-state index in [2.05, 4.69) is 0 Å². The molecule has 0 bridgehead atoms. The van der Waals surface area contributed by atoms with Crippen molar-refractivity contribution in [1.29, 1.82) is 0 Å². The molecule has 0 saturated heterocycles. The third kappa shape index (κ3) is 4.77. The van der Waals surface area contributed by atoms with E-state index in [1.54, 1.807) is 34.1 Å². The van der Waals surface area contributed by atoms with E-state index in [1.807, 2.05) is 61.0 Å². The number of halogens is 2. The molecule has 0 N–H and O–H groups in total. The Labute approximate surface area is 214 Å². The average molecular weight is 500 g/mol. The lowest BCUT2D eigenvalue weighted by atomic mass is 9.97. The second-order valence-corrected chi connectivity index (χ2v) is 9.43. The second-order valence-electron chi connectivity index (χ2n) is 9.43. The Morgan fingerprint density at radius 3 is 2.11 bits per heavy atom. The van der Waals surface area contributed by atoms with Crippen LogP contribution in [0.15, 0.2) is 91.1 Å². The summed E-state index contributed by atoms with van der Waals surface area (Å²) in [6.45, 7) is 3.59. The molecule has 0 fully saturated rings. The van der Waals surface area contributed by atoms with Gasteiger partial charge in [-0.15, -0.1) is 0 Å². The van der Waals surface area contributed by atoms with Gasteiger partial charge in [0.2, 0.25) is 11.8 Å². The largest absolute Gasteiger partial charge is 0.331 e. The van der Waals surface area contributed by atoms with Gasteiger partial charge in [-0.05, 0) is 73.5 Å². The highest BCUT2D eigenvalue weighted by Crippen LogP contribution is 2.42. The number of fused-ring (bicyclic) bond motifs is 3. The number of carbonyl (C=O) groups excluding carboxylic acids is 2. The molecule has 7 heteroatoms. The van der Waals surface area contributed by atoms with Crippen LogP contribution in [0.1, 0.15) is 36.7 Å². The van der Waals surface area contributed by atoms with E-state index >= 15 is 0 Å². The maximum Gasteiger partial charge on any atom is 0.247 e. The highest BCUT2D eigenvalue weighted by molar-refractivity contribution is 6.00. The Morgan fingerprint density at radius 2 is 1.46 bits per heavy atom. The Balaban J connectivity index is 1.51. The third-order valence-electron chi connectivity index (χ3n) is 6.69. The van der Waals surface area contributed by atoms with Crippen LogP contribution in [0.2, 0.25) is 0 Å². The summed E-state index contributed by atoms with van der Waals surface area (Å²) < 4.78 is 29.1. The summed E-state index contributed by atoms with van der Waals surface area (Å²) in [4.78, 5) is 30.6. The van der Waals surface area contributed by atoms with Gasteiger partial charge in [0, 0.05) is 12.2 Å². The average Bonchev–Trinajstić information content (AvgIpc) is 3.38. The van der Waals surface area contributed by atoms with Gasteiger partial charge in [0.25, 0.3) is 0 Å². The van der Waals surface area contributed by atoms with Crippen molar-refractivity contribution >= 4 is 17.5 Å². The van der Waals surface area contributed by atoms with Gasteiger partial charge in [-0.3, -0.25) is 14.5 Å². The molecule has 5 nitrogen and oxygen atoms in total. The molecule has 3 aromatic carbocycles. The number of nitrogens with zero attached hydrogens (tertiary/aromatic N) is 3. The minimum Gasteiger partial charge on any atom is -0.331 e. The fraction of sp³-hybridized carbons (Fsp3) is 0.200. The van der Waals surface area contributed by atoms with Gasteiger partial charge in [0.15, 0.2) is 0 Å². The highest BCUT2D eigenvalue weighted by Gasteiger charge is 2.37. The van der Waals surface area contributed by atoms with E-state index < -0.39 is 6.04 Å². The van der Waals surface area contributed by atoms with Crippen LogP contribution in [-0.2, 0) is 16.0 Å². The molecule has 4 aromatic rings. The molecular weight excluding hydrogens is 472 g/mol. The number of hydrogen-bond donors (Lipinski definition) is 0. The fourth-order valence-corrected chi connectivity index (χ4v) is 4.88. The number of carbonyl (C=O) groups is 2. The van der Waals surface area contributed by atoms with Crippen LogP contribution < -0.4 is 4.90 Å². The van der Waals surface area contributed by atoms with Crippen molar-refractivity contribution in [3.05, 3.63) is 120 Å². The van der Waals surface area contributed by atoms with Crippen molar-refractivity contribution in [2.45, 2.75) is 32.4 Å². The standard InChI is InChI=1S/C30H27F2N3O2/c1-20(2)34(28(36)18-21-9-13-23(31)14-10-21)19-29(37)35-26-7-4-3-6-25(26)33-17-5-8-27(33)30(35)22-11-15-24(32)16-12-22/h3-17,20,30H,18-19H2,1-2H3. The second kappa shape index (κ2) is 10.0. The van der Waals surface area contributed by atoms with E-state index in [1.165, 1.54) is 24.3 Å². The topological polar surface area (TPSA) is 45.6 Å². The minimum atomic E-state index is -0.501. The van der Waals surface area contributed by atoms with Gasteiger partial charge < -0.3 is 9.47 Å². The van der Waals surface area contributed by atoms with Crippen LogP contribution in [0, 0.1) is 11.6 Å². The predicted molar refractivity (Wildman–Crippen MR) is 138 cm³/mol. The van der Waals surface area contributed by atoms with Crippen LogP contribution in [-0.4, -0.2) is 33.9 Å². The van der Waals surface area contributed by atoms with Crippen LogP contribution in [0.4, 0.5) is 14.5 Å². The zero-order valence-electron chi connectivity index (χ0n) is 20.6. The molecule has 1 aliphatic rings. The monoisotopic (exact) mass is 499 g/mol. The van der Waals surface area contributed by atoms with Gasteiger partial charge in [0.05, 0.1) is 23.5 Å². The van der Waals surface area contributed by atoms with E-state index in [-0.39, 0.29) is 42.5 Å². The summed E-state index contributed by atoms with van der Waals surface area (Å²) in [6.07, 6.45) is 2.01. The molecule has 0 spiro atoms. The smallest absolute Gasteiger partial charge is 0.247 e. The summed E-state index contributed by atoms with van der Waals surface area (Å²) in [7, 11) is 0. The number of hydrogen-bond acceptors (Lipinski definition) is 2. The van der Waals surface area contributed by atoms with Crippen molar-refractivity contribution in [2.24, 2.45) is 0 Å². The zero-order chi connectivity index (χ0) is 26.1. The molecule has 37 heavy (non-hydrogen) atoms. The molecule has 188 valence electrons. The first-order valence-electron chi connectivity index (χ1n) is 12.2. The van der Waals surface area contributed by atoms with E-state index in [4.69, 9.17) is 0 Å². The molecule has 0 saturated carbocycles. The van der Waals surface area contributed by atoms with Crippen molar-refractivity contribution in [2.75, 3.05) is 11.4 Å². The van der Waals surface area contributed by atoms with Crippen molar-refractivity contribution in [3.63, 3.8) is 0 Å². The van der Waals surface area contributed by atoms with Gasteiger partial charge >= 0.3 is 0 Å². The van der Waals surface area contributed by atoms with Gasteiger partial charge in [-0.1, -0.05) is 36.4 Å². The summed E-state index contributed by atoms with van der Waals surface area (Å²) in [5.41, 5.74) is 3.86. The quantitative estimate of drug-likeness (QED) is 0.343. The Hall–Kier alpha value is -4.26. The number of amides is 2. The zero-order valence-corrected chi connectivity index (χ0v) is 20.6. The molecule has 1 unspecified atom stereocenters. The van der Waals surface area contributed by atoms with Crippen LogP contribution in [0.5, 0.6) is 0 Å². The maximum absolute atomic E-state index is 14.1. The first kappa shape index (κ1) is 24.4. The fourth-order valence-electron chi connectivity index (χ4n) is 4.88. The van der Waals surface area contributed by atoms with Crippen molar-refractivity contribution < 1.29 is 18.4 Å². The molecule has 2 amide bonds. The molecule has 1 aliphatic heterocycles. The first-order valence-corrected chi connectivity index (χ1v) is 12.2. The molecular formula is C30H27F2N3O2. The van der Waals surface area contributed by atoms with Crippen LogP contribution in [0.25, 0.3) is 5.69 Å². The molecule has 0 aliphatic carbocycles. The van der Waals surface area contributed by atoms with Gasteiger partial charge in [0.1, 0.15) is 24.2 Å². The van der Waals surface area contributed by atoms with Gasteiger partial charge in [-0.2, -0.15) is 0 Å². The Morgan fingerprint density at radius 1 is 0.838 bits per heavy atom. The summed E-state index contributed by atoms with van der Waals surface area (Å²) in [5, 5.41) is 0. The predicted octanol–water partition coefficient (Wildman–Crippen LogP) is 5.67. The summed E-state index contributed by atoms with van der Waals surface area (Å²) in [5.74, 6) is -1.20. The lowest BCUT2D eigenvalue weighted by Crippen LogP contribution is -2.49. The third-order valence-corrected chi connectivity index (χ3v) is 6.69. The number of para-hydroxylation sites is 2. The Bertz CT molecular complexity index is 1430. The summed E-state index contributed by atoms with van der Waals surface area (Å²) in [6, 6.07) is 22.7. The lowest BCUT2D eigenvalue weighted by Gasteiger charge is -2.40.